The van der Waals surface area contributed by atoms with Gasteiger partial charge in [-0.1, -0.05) is 19.1 Å². The minimum atomic E-state index is -4.69. The molecule has 0 N–H and O–H groups in total. The zero-order chi connectivity index (χ0) is 37.6. The number of hydrogen-bond acceptors (Lipinski definition) is 10. The number of halogens is 3. The van der Waals surface area contributed by atoms with Crippen molar-refractivity contribution < 1.29 is 35.9 Å². The van der Waals surface area contributed by atoms with Crippen LogP contribution < -0.4 is 19.8 Å². The number of hydrogen-bond donors (Lipinski definition) is 0. The minimum Gasteiger partial charge on any atom is -0.497 e. The van der Waals surface area contributed by atoms with E-state index in [2.05, 4.69) is 24.2 Å². The summed E-state index contributed by atoms with van der Waals surface area (Å²) in [5, 5.41) is -0.422. The Morgan fingerprint density at radius 2 is 1.73 bits per heavy atom. The second-order valence-electron chi connectivity index (χ2n) is 14.5. The maximum Gasteiger partial charge on any atom is 0.418 e. The Bertz CT molecular complexity index is 1890. The number of anilines is 2. The Morgan fingerprint density at radius 1 is 1.06 bits per heavy atom. The van der Waals surface area contributed by atoms with Crippen molar-refractivity contribution in [3.63, 3.8) is 0 Å². The third-order valence-corrected chi connectivity index (χ3v) is 10.5. The molecular formula is C35H46F3N6O5PS. The van der Waals surface area contributed by atoms with Gasteiger partial charge in [0.05, 0.1) is 24.1 Å². The second-order valence-corrected chi connectivity index (χ2v) is 17.1. The molecule has 1 saturated heterocycles. The molecule has 1 fully saturated rings. The van der Waals surface area contributed by atoms with Crippen LogP contribution in [0.4, 0.5) is 29.6 Å². The summed E-state index contributed by atoms with van der Waals surface area (Å²) in [7, 11) is 1.68. The zero-order valence-electron chi connectivity index (χ0n) is 30.2. The van der Waals surface area contributed by atoms with Crippen LogP contribution in [0.1, 0.15) is 68.6 Å². The van der Waals surface area contributed by atoms with E-state index in [1.807, 2.05) is 43.0 Å². The number of alkyl halides is 3. The molecule has 0 bridgehead atoms. The average Bonchev–Trinajstić information content (AvgIpc) is 3.02. The maximum absolute atomic E-state index is 14.8. The van der Waals surface area contributed by atoms with Crippen molar-refractivity contribution in [2.24, 2.45) is 5.92 Å². The van der Waals surface area contributed by atoms with Gasteiger partial charge in [0.2, 0.25) is 15.0 Å². The molecule has 3 unspecified atom stereocenters. The van der Waals surface area contributed by atoms with Gasteiger partial charge in [-0.15, -0.1) is 9.24 Å². The highest BCUT2D eigenvalue weighted by Crippen LogP contribution is 2.44. The summed E-state index contributed by atoms with van der Waals surface area (Å²) in [5.41, 5.74) is 0.400. The molecule has 1 aliphatic heterocycles. The number of ether oxygens (including phenoxy) is 2. The van der Waals surface area contributed by atoms with Crippen molar-refractivity contribution in [3.8, 4) is 5.75 Å². The Labute approximate surface area is 300 Å². The maximum atomic E-state index is 14.8. The Balaban J connectivity index is 1.52. The van der Waals surface area contributed by atoms with Gasteiger partial charge in [0.1, 0.15) is 23.0 Å². The third-order valence-electron chi connectivity index (χ3n) is 9.23. The van der Waals surface area contributed by atoms with Crippen LogP contribution in [0.5, 0.6) is 5.75 Å². The lowest BCUT2D eigenvalue weighted by Crippen LogP contribution is -2.55. The number of methoxy groups -OCH3 is 1. The predicted molar refractivity (Wildman–Crippen MR) is 193 cm³/mol. The molecule has 11 nitrogen and oxygen atoms in total. The number of fused-ring (bicyclic) bond motifs is 1. The van der Waals surface area contributed by atoms with E-state index in [-0.39, 0.29) is 29.4 Å². The molecule has 5 rings (SSSR count). The summed E-state index contributed by atoms with van der Waals surface area (Å²) in [4.78, 5) is 31.8. The zero-order valence-corrected chi connectivity index (χ0v) is 32.2. The fourth-order valence-corrected chi connectivity index (χ4v) is 7.70. The fourth-order valence-electron chi connectivity index (χ4n) is 6.71. The number of aromatic nitrogens is 3. The van der Waals surface area contributed by atoms with E-state index in [0.29, 0.717) is 61.2 Å². The molecule has 4 atom stereocenters. The van der Waals surface area contributed by atoms with Crippen molar-refractivity contribution in [1.82, 2.24) is 19.9 Å². The number of sulfone groups is 1. The molecule has 1 aliphatic carbocycles. The van der Waals surface area contributed by atoms with Gasteiger partial charge in [0.25, 0.3) is 0 Å². The summed E-state index contributed by atoms with van der Waals surface area (Å²) >= 11 is 0. The first kappa shape index (κ1) is 38.5. The molecule has 51 heavy (non-hydrogen) atoms. The lowest BCUT2D eigenvalue weighted by molar-refractivity contribution is -0.137. The summed E-state index contributed by atoms with van der Waals surface area (Å²) < 4.78 is 80.8. The SMILES string of the molecule is COc1ccc(CN(C)c2cc(P)c(C(F)(F)F)c(C3Cc4nc(S(C)(=O)=O)nc(N5CCN(C(=O)OC(C)(C)C)C[C@@H]5C)c4CC3C)n2)cc1. The molecule has 16 heteroatoms. The van der Waals surface area contributed by atoms with E-state index in [1.165, 1.54) is 6.07 Å². The van der Waals surface area contributed by atoms with Crippen LogP contribution in [0.15, 0.2) is 35.5 Å². The van der Waals surface area contributed by atoms with Crippen LogP contribution in [-0.4, -0.2) is 86.1 Å². The third kappa shape index (κ3) is 8.68. The first-order chi connectivity index (χ1) is 23.7. The Morgan fingerprint density at radius 3 is 2.29 bits per heavy atom. The van der Waals surface area contributed by atoms with Crippen molar-refractivity contribution in [3.05, 3.63) is 58.4 Å². The summed E-state index contributed by atoms with van der Waals surface area (Å²) in [6.07, 6.45) is -3.78. The number of carbonyl (C=O) groups excluding carboxylic acids is 1. The minimum absolute atomic E-state index is 0.0287. The quantitative estimate of drug-likeness (QED) is 0.230. The van der Waals surface area contributed by atoms with Crippen molar-refractivity contribution in [2.45, 2.75) is 82.9 Å². The lowest BCUT2D eigenvalue weighted by atomic mass is 9.75. The highest BCUT2D eigenvalue weighted by molar-refractivity contribution is 7.90. The predicted octanol–water partition coefficient (Wildman–Crippen LogP) is 5.40. The molecule has 278 valence electrons. The molecule has 0 radical (unpaired) electrons. The first-order valence-electron chi connectivity index (χ1n) is 16.7. The van der Waals surface area contributed by atoms with Gasteiger partial charge < -0.3 is 24.2 Å². The van der Waals surface area contributed by atoms with E-state index < -0.39 is 44.3 Å². The number of amides is 1. The standard InChI is InChI=1S/C35H46F3N6O5PS/c1-20-15-25-26(39-32(51(8,46)47)41-31(25)44-14-13-43(18-21(44)2)33(45)49-34(3,4)5)16-24(20)30-29(35(36,37)38)27(50)17-28(40-30)42(6)19-22-9-11-23(48-7)12-10-22/h9-12,17,20-21,24H,13-16,18-19,50H2,1-8H3/t20?,21-,24?/m0/s1. The fraction of sp³-hybridized carbons (Fsp3) is 0.543. The summed E-state index contributed by atoms with van der Waals surface area (Å²) in [6.45, 7) is 10.5. The van der Waals surface area contributed by atoms with Gasteiger partial charge in [0.15, 0.2) is 0 Å². The van der Waals surface area contributed by atoms with Crippen LogP contribution in [0.2, 0.25) is 0 Å². The monoisotopic (exact) mass is 750 g/mol. The molecule has 0 spiro atoms. The van der Waals surface area contributed by atoms with Crippen molar-refractivity contribution in [1.29, 1.82) is 0 Å². The van der Waals surface area contributed by atoms with E-state index >= 15 is 0 Å². The van der Waals surface area contributed by atoms with Gasteiger partial charge in [0, 0.05) is 57.0 Å². The lowest BCUT2D eigenvalue weighted by Gasteiger charge is -2.42. The van der Waals surface area contributed by atoms with E-state index in [1.54, 1.807) is 44.7 Å². The first-order valence-corrected chi connectivity index (χ1v) is 19.2. The van der Waals surface area contributed by atoms with Crippen LogP contribution in [0.3, 0.4) is 0 Å². The van der Waals surface area contributed by atoms with Gasteiger partial charge in [-0.2, -0.15) is 13.2 Å². The van der Waals surface area contributed by atoms with Gasteiger partial charge in [-0.05, 0) is 75.5 Å². The van der Waals surface area contributed by atoms with E-state index in [0.717, 1.165) is 11.8 Å². The topological polar surface area (TPSA) is 118 Å². The van der Waals surface area contributed by atoms with E-state index in [9.17, 15) is 26.4 Å². The van der Waals surface area contributed by atoms with Gasteiger partial charge >= 0.3 is 12.3 Å². The molecule has 1 aromatic carbocycles. The molecule has 0 saturated carbocycles. The number of rotatable bonds is 7. The van der Waals surface area contributed by atoms with Crippen LogP contribution in [-0.2, 0) is 40.1 Å². The van der Waals surface area contributed by atoms with E-state index in [4.69, 9.17) is 9.47 Å². The normalized spacial score (nSPS) is 19.8. The highest BCUT2D eigenvalue weighted by Gasteiger charge is 2.43. The molecular weight excluding hydrogens is 704 g/mol. The molecule has 3 heterocycles. The number of benzene rings is 1. The van der Waals surface area contributed by atoms with Crippen LogP contribution in [0.25, 0.3) is 0 Å². The molecule has 2 aliphatic rings. The number of nitrogens with zero attached hydrogens (tertiary/aromatic N) is 6. The molecule has 1 amide bonds. The number of piperazine rings is 1. The Kier molecular flexibility index (Phi) is 10.9. The average molecular weight is 751 g/mol. The molecule has 2 aromatic heterocycles. The van der Waals surface area contributed by atoms with Gasteiger partial charge in [-0.25, -0.2) is 28.2 Å². The summed E-state index contributed by atoms with van der Waals surface area (Å²) in [5.74, 6) is 0.431. The van der Waals surface area contributed by atoms with Crippen LogP contribution in [0, 0.1) is 5.92 Å². The van der Waals surface area contributed by atoms with Crippen LogP contribution >= 0.6 is 9.24 Å². The molecule has 3 aromatic rings. The van der Waals surface area contributed by atoms with Gasteiger partial charge in [-0.3, -0.25) is 0 Å². The number of carbonyl (C=O) groups is 1. The second kappa shape index (κ2) is 14.4. The Hall–Kier alpha value is -3.71. The summed E-state index contributed by atoms with van der Waals surface area (Å²) in [6, 6.07) is 8.57. The number of pyridine rings is 1. The smallest absolute Gasteiger partial charge is 0.418 e. The van der Waals surface area contributed by atoms with Crippen molar-refractivity contribution in [2.75, 3.05) is 49.8 Å². The largest absolute Gasteiger partial charge is 0.497 e. The van der Waals surface area contributed by atoms with Crippen molar-refractivity contribution >= 4 is 42.1 Å². The highest BCUT2D eigenvalue weighted by atomic mass is 32.2.